The summed E-state index contributed by atoms with van der Waals surface area (Å²) >= 11 is 1.55. The maximum absolute atomic E-state index is 12.4. The topological polar surface area (TPSA) is 58.2 Å². The number of fused-ring (bicyclic) bond motifs is 1. The van der Waals surface area contributed by atoms with Crippen molar-refractivity contribution in [1.82, 2.24) is 0 Å². The standard InChI is InChI=1S/C17H14N2O2S/c1-11(20)18-12-5-4-6-13(9-12)19-17(21)15-10-22-16-8-3-2-7-14(15)16/h2-10H,1H3,(H,18,20)(H,19,21). The van der Waals surface area contributed by atoms with Gasteiger partial charge in [-0.25, -0.2) is 0 Å². The molecule has 1 heterocycles. The Morgan fingerprint density at radius 1 is 0.955 bits per heavy atom. The quantitative estimate of drug-likeness (QED) is 0.765. The van der Waals surface area contributed by atoms with Crippen LogP contribution >= 0.6 is 11.3 Å². The Morgan fingerprint density at radius 3 is 2.45 bits per heavy atom. The van der Waals surface area contributed by atoms with E-state index in [9.17, 15) is 9.59 Å². The molecule has 0 fully saturated rings. The van der Waals surface area contributed by atoms with Gasteiger partial charge >= 0.3 is 0 Å². The predicted octanol–water partition coefficient (Wildman–Crippen LogP) is 4.11. The van der Waals surface area contributed by atoms with Gasteiger partial charge in [-0.1, -0.05) is 24.3 Å². The van der Waals surface area contributed by atoms with Gasteiger partial charge in [0.15, 0.2) is 0 Å². The highest BCUT2D eigenvalue weighted by atomic mass is 32.1. The van der Waals surface area contributed by atoms with Gasteiger partial charge in [0.25, 0.3) is 5.91 Å². The van der Waals surface area contributed by atoms with Crippen LogP contribution in [0.15, 0.2) is 53.9 Å². The fraction of sp³-hybridized carbons (Fsp3) is 0.0588. The molecule has 3 aromatic rings. The Bertz CT molecular complexity index is 854. The minimum absolute atomic E-state index is 0.146. The number of hydrogen-bond acceptors (Lipinski definition) is 3. The molecule has 22 heavy (non-hydrogen) atoms. The zero-order chi connectivity index (χ0) is 15.5. The minimum Gasteiger partial charge on any atom is -0.326 e. The van der Waals surface area contributed by atoms with E-state index in [1.807, 2.05) is 29.6 Å². The van der Waals surface area contributed by atoms with E-state index in [0.29, 0.717) is 16.9 Å². The van der Waals surface area contributed by atoms with Gasteiger partial charge in [0.05, 0.1) is 5.56 Å². The summed E-state index contributed by atoms with van der Waals surface area (Å²) in [5, 5.41) is 8.37. The van der Waals surface area contributed by atoms with Crippen molar-refractivity contribution in [1.29, 1.82) is 0 Å². The fourth-order valence-electron chi connectivity index (χ4n) is 2.23. The van der Waals surface area contributed by atoms with E-state index in [4.69, 9.17) is 0 Å². The van der Waals surface area contributed by atoms with Crippen LogP contribution < -0.4 is 10.6 Å². The van der Waals surface area contributed by atoms with E-state index < -0.39 is 0 Å². The lowest BCUT2D eigenvalue weighted by atomic mass is 10.1. The second-order valence-electron chi connectivity index (χ2n) is 4.86. The molecule has 0 atom stereocenters. The average Bonchev–Trinajstić information content (AvgIpc) is 2.91. The van der Waals surface area contributed by atoms with E-state index in [2.05, 4.69) is 10.6 Å². The number of carbonyl (C=O) groups is 2. The van der Waals surface area contributed by atoms with Crippen LogP contribution in [0, 0.1) is 0 Å². The van der Waals surface area contributed by atoms with Crippen molar-refractivity contribution < 1.29 is 9.59 Å². The zero-order valence-electron chi connectivity index (χ0n) is 11.9. The minimum atomic E-state index is -0.155. The van der Waals surface area contributed by atoms with Gasteiger partial charge in [-0.3, -0.25) is 9.59 Å². The summed E-state index contributed by atoms with van der Waals surface area (Å²) in [6, 6.07) is 14.9. The largest absolute Gasteiger partial charge is 0.326 e. The van der Waals surface area contributed by atoms with Crippen molar-refractivity contribution in [2.45, 2.75) is 6.92 Å². The average molecular weight is 310 g/mol. The first kappa shape index (κ1) is 14.3. The lowest BCUT2D eigenvalue weighted by molar-refractivity contribution is -0.114. The smallest absolute Gasteiger partial charge is 0.257 e. The number of hydrogen-bond donors (Lipinski definition) is 2. The predicted molar refractivity (Wildman–Crippen MR) is 90.5 cm³/mol. The Labute approximate surface area is 131 Å². The van der Waals surface area contributed by atoms with E-state index in [-0.39, 0.29) is 11.8 Å². The number of amides is 2. The van der Waals surface area contributed by atoms with Crippen molar-refractivity contribution in [3.8, 4) is 0 Å². The molecular formula is C17H14N2O2S. The van der Waals surface area contributed by atoms with Crippen molar-refractivity contribution >= 4 is 44.6 Å². The molecule has 3 rings (SSSR count). The van der Waals surface area contributed by atoms with Crippen molar-refractivity contribution in [3.63, 3.8) is 0 Å². The normalized spacial score (nSPS) is 10.4. The molecule has 2 amide bonds. The van der Waals surface area contributed by atoms with Crippen molar-refractivity contribution in [2.24, 2.45) is 0 Å². The number of rotatable bonds is 3. The Morgan fingerprint density at radius 2 is 1.68 bits per heavy atom. The lowest BCUT2D eigenvalue weighted by Gasteiger charge is -2.07. The van der Waals surface area contributed by atoms with Gasteiger partial charge in [0.1, 0.15) is 0 Å². The number of nitrogens with one attached hydrogen (secondary N) is 2. The van der Waals surface area contributed by atoms with Crippen LogP contribution in [-0.2, 0) is 4.79 Å². The van der Waals surface area contributed by atoms with Gasteiger partial charge in [-0.2, -0.15) is 0 Å². The third-order valence-electron chi connectivity index (χ3n) is 3.17. The summed E-state index contributed by atoms with van der Waals surface area (Å²) in [6.07, 6.45) is 0. The van der Waals surface area contributed by atoms with Crippen LogP contribution in [0.3, 0.4) is 0 Å². The van der Waals surface area contributed by atoms with Gasteiger partial charge in [0, 0.05) is 33.8 Å². The monoisotopic (exact) mass is 310 g/mol. The molecule has 0 saturated carbocycles. The number of anilines is 2. The molecule has 0 aliphatic heterocycles. The van der Waals surface area contributed by atoms with Crippen LogP contribution in [0.5, 0.6) is 0 Å². The third kappa shape index (κ3) is 2.99. The van der Waals surface area contributed by atoms with Gasteiger partial charge in [-0.05, 0) is 24.3 Å². The van der Waals surface area contributed by atoms with Crippen LogP contribution in [0.1, 0.15) is 17.3 Å². The summed E-state index contributed by atoms with van der Waals surface area (Å²) in [6.45, 7) is 1.45. The molecule has 0 spiro atoms. The van der Waals surface area contributed by atoms with Gasteiger partial charge in [-0.15, -0.1) is 11.3 Å². The molecule has 1 aromatic heterocycles. The summed E-state index contributed by atoms with van der Waals surface area (Å²) in [7, 11) is 0. The molecule has 0 aliphatic rings. The van der Waals surface area contributed by atoms with Crippen molar-refractivity contribution in [2.75, 3.05) is 10.6 Å². The van der Waals surface area contributed by atoms with E-state index in [0.717, 1.165) is 10.1 Å². The number of carbonyl (C=O) groups excluding carboxylic acids is 2. The molecule has 0 saturated heterocycles. The van der Waals surface area contributed by atoms with Crippen LogP contribution in [0.4, 0.5) is 11.4 Å². The summed E-state index contributed by atoms with van der Waals surface area (Å²) in [5.74, 6) is -0.301. The van der Waals surface area contributed by atoms with Crippen molar-refractivity contribution in [3.05, 3.63) is 59.5 Å². The maximum atomic E-state index is 12.4. The Kier molecular flexibility index (Phi) is 3.89. The highest BCUT2D eigenvalue weighted by molar-refractivity contribution is 7.17. The first-order valence-corrected chi connectivity index (χ1v) is 7.67. The second kappa shape index (κ2) is 5.99. The summed E-state index contributed by atoms with van der Waals surface area (Å²) in [5.41, 5.74) is 1.96. The van der Waals surface area contributed by atoms with Crippen LogP contribution in [0.2, 0.25) is 0 Å². The SMILES string of the molecule is CC(=O)Nc1cccc(NC(=O)c2csc3ccccc23)c1. The molecule has 0 bridgehead atoms. The number of benzene rings is 2. The molecule has 5 heteroatoms. The molecule has 0 unspecified atom stereocenters. The molecule has 4 nitrogen and oxygen atoms in total. The van der Waals surface area contributed by atoms with Crippen LogP contribution in [0.25, 0.3) is 10.1 Å². The Balaban J connectivity index is 1.84. The van der Waals surface area contributed by atoms with E-state index in [1.54, 1.807) is 35.6 Å². The molecule has 110 valence electrons. The van der Waals surface area contributed by atoms with Gasteiger partial charge in [0.2, 0.25) is 5.91 Å². The lowest BCUT2D eigenvalue weighted by Crippen LogP contribution is -2.12. The zero-order valence-corrected chi connectivity index (χ0v) is 12.7. The maximum Gasteiger partial charge on any atom is 0.257 e. The molecule has 2 N–H and O–H groups in total. The molecule has 2 aromatic carbocycles. The van der Waals surface area contributed by atoms with E-state index >= 15 is 0 Å². The second-order valence-corrected chi connectivity index (χ2v) is 5.77. The fourth-order valence-corrected chi connectivity index (χ4v) is 3.17. The number of thiophene rings is 1. The summed E-state index contributed by atoms with van der Waals surface area (Å²) in [4.78, 5) is 23.5. The highest BCUT2D eigenvalue weighted by Crippen LogP contribution is 2.26. The third-order valence-corrected chi connectivity index (χ3v) is 4.13. The highest BCUT2D eigenvalue weighted by Gasteiger charge is 2.12. The van der Waals surface area contributed by atoms with E-state index in [1.165, 1.54) is 6.92 Å². The molecular weight excluding hydrogens is 296 g/mol. The first-order chi connectivity index (χ1) is 10.6. The Hall–Kier alpha value is -2.66. The first-order valence-electron chi connectivity index (χ1n) is 6.79. The van der Waals surface area contributed by atoms with Gasteiger partial charge < -0.3 is 10.6 Å². The molecule has 0 radical (unpaired) electrons. The molecule has 0 aliphatic carbocycles. The van der Waals surface area contributed by atoms with Crippen LogP contribution in [-0.4, -0.2) is 11.8 Å². The summed E-state index contributed by atoms with van der Waals surface area (Å²) < 4.78 is 1.08.